The van der Waals surface area contributed by atoms with Crippen molar-refractivity contribution in [2.24, 2.45) is 0 Å². The molecule has 1 unspecified atom stereocenters. The van der Waals surface area contributed by atoms with Crippen molar-refractivity contribution in [3.63, 3.8) is 0 Å². The first-order valence-electron chi connectivity index (χ1n) is 7.92. The summed E-state index contributed by atoms with van der Waals surface area (Å²) in [5, 5.41) is 3.67. The molecule has 4 rings (SSSR count). The van der Waals surface area contributed by atoms with Gasteiger partial charge in [-0.2, -0.15) is 0 Å². The molecule has 1 atom stereocenters. The van der Waals surface area contributed by atoms with Crippen molar-refractivity contribution < 1.29 is 18.7 Å². The van der Waals surface area contributed by atoms with Crippen LogP contribution in [0.2, 0.25) is 0 Å². The summed E-state index contributed by atoms with van der Waals surface area (Å²) >= 11 is 0. The minimum absolute atomic E-state index is 0.305. The number of hydrogen-bond donors (Lipinski definition) is 1. The van der Waals surface area contributed by atoms with E-state index in [1.807, 2.05) is 36.4 Å². The van der Waals surface area contributed by atoms with Crippen molar-refractivity contribution in [3.05, 3.63) is 72.0 Å². The van der Waals surface area contributed by atoms with E-state index in [2.05, 4.69) is 5.32 Å². The number of benzene rings is 2. The highest BCUT2D eigenvalue weighted by Gasteiger charge is 2.22. The summed E-state index contributed by atoms with van der Waals surface area (Å²) in [6.07, 6.45) is 4.04. The fraction of sp³-hybridized carbons (Fsp3) is 0.100. The summed E-state index contributed by atoms with van der Waals surface area (Å²) in [5.41, 5.74) is 2.68. The minimum atomic E-state index is -0.734. The lowest BCUT2D eigenvalue weighted by molar-refractivity contribution is -0.119. The largest absolute Gasteiger partial charge is 0.489 e. The van der Waals surface area contributed by atoms with Gasteiger partial charge in [-0.05, 0) is 35.9 Å². The lowest BCUT2D eigenvalue weighted by Crippen LogP contribution is -2.31. The number of hydrogen-bond acceptors (Lipinski definition) is 4. The van der Waals surface area contributed by atoms with E-state index in [0.717, 1.165) is 22.8 Å². The molecule has 5 heteroatoms. The third kappa shape index (κ3) is 2.80. The smallest absolute Gasteiger partial charge is 0.252 e. The van der Waals surface area contributed by atoms with E-state index in [0.29, 0.717) is 23.5 Å². The van der Waals surface area contributed by atoms with Crippen LogP contribution >= 0.6 is 0 Å². The predicted molar refractivity (Wildman–Crippen MR) is 93.1 cm³/mol. The van der Waals surface area contributed by atoms with Gasteiger partial charge in [0.15, 0.2) is 0 Å². The average Bonchev–Trinajstić information content (AvgIpc) is 3.13. The number of fused-ring (bicyclic) bond motifs is 2. The molecule has 2 aromatic carbocycles. The number of ether oxygens (including phenoxy) is 1. The van der Waals surface area contributed by atoms with Crippen molar-refractivity contribution in [2.45, 2.75) is 6.04 Å². The number of para-hydroxylation sites is 1. The van der Waals surface area contributed by atoms with E-state index in [-0.39, 0.29) is 5.91 Å². The summed E-state index contributed by atoms with van der Waals surface area (Å²) in [7, 11) is 0. The molecular formula is C20H15NO4. The van der Waals surface area contributed by atoms with Crippen LogP contribution in [0.4, 0.5) is 0 Å². The van der Waals surface area contributed by atoms with Gasteiger partial charge in [-0.25, -0.2) is 0 Å². The SMILES string of the molecule is O=CC(NC(=O)C1=CCOc2ccccc21)c1ccc2occc2c1. The third-order valence-corrected chi connectivity index (χ3v) is 4.21. The van der Waals surface area contributed by atoms with E-state index < -0.39 is 6.04 Å². The van der Waals surface area contributed by atoms with Crippen LogP contribution < -0.4 is 10.1 Å². The maximum Gasteiger partial charge on any atom is 0.252 e. The Bertz CT molecular complexity index is 986. The second-order valence-corrected chi connectivity index (χ2v) is 5.73. The summed E-state index contributed by atoms with van der Waals surface area (Å²) in [6.45, 7) is 0.326. The second kappa shape index (κ2) is 6.28. The Morgan fingerprint density at radius 3 is 2.92 bits per heavy atom. The molecule has 0 aliphatic carbocycles. The number of carbonyl (C=O) groups is 2. The average molecular weight is 333 g/mol. The molecule has 124 valence electrons. The van der Waals surface area contributed by atoms with Crippen LogP contribution in [0.1, 0.15) is 17.2 Å². The molecular weight excluding hydrogens is 318 g/mol. The number of amides is 1. The van der Waals surface area contributed by atoms with Crippen LogP contribution in [0.25, 0.3) is 16.5 Å². The zero-order valence-electron chi connectivity index (χ0n) is 13.3. The van der Waals surface area contributed by atoms with Gasteiger partial charge in [-0.15, -0.1) is 0 Å². The molecule has 0 radical (unpaired) electrons. The molecule has 25 heavy (non-hydrogen) atoms. The molecule has 0 spiro atoms. The Labute approximate surface area is 143 Å². The van der Waals surface area contributed by atoms with Gasteiger partial charge in [0.05, 0.1) is 6.26 Å². The maximum atomic E-state index is 12.7. The van der Waals surface area contributed by atoms with Crippen molar-refractivity contribution in [2.75, 3.05) is 6.61 Å². The zero-order valence-corrected chi connectivity index (χ0v) is 13.3. The Balaban J connectivity index is 1.60. The van der Waals surface area contributed by atoms with Gasteiger partial charge in [0.1, 0.15) is 30.3 Å². The second-order valence-electron chi connectivity index (χ2n) is 5.73. The van der Waals surface area contributed by atoms with E-state index >= 15 is 0 Å². The highest BCUT2D eigenvalue weighted by Crippen LogP contribution is 2.30. The molecule has 2 heterocycles. The van der Waals surface area contributed by atoms with Crippen LogP contribution in [-0.4, -0.2) is 18.8 Å². The van der Waals surface area contributed by atoms with Crippen molar-refractivity contribution in [1.29, 1.82) is 0 Å². The molecule has 5 nitrogen and oxygen atoms in total. The van der Waals surface area contributed by atoms with Gasteiger partial charge in [0.25, 0.3) is 5.91 Å². The van der Waals surface area contributed by atoms with Crippen LogP contribution in [0.5, 0.6) is 5.75 Å². The Morgan fingerprint density at radius 2 is 2.04 bits per heavy atom. The lowest BCUT2D eigenvalue weighted by atomic mass is 10.0. The summed E-state index contributed by atoms with van der Waals surface area (Å²) in [6, 6.07) is 13.8. The topological polar surface area (TPSA) is 68.5 Å². The Kier molecular flexibility index (Phi) is 3.82. The highest BCUT2D eigenvalue weighted by molar-refractivity contribution is 6.21. The first kappa shape index (κ1) is 15.2. The molecule has 0 fully saturated rings. The number of aldehydes is 1. The molecule has 0 saturated heterocycles. The molecule has 1 N–H and O–H groups in total. The van der Waals surface area contributed by atoms with Crippen LogP contribution in [-0.2, 0) is 9.59 Å². The van der Waals surface area contributed by atoms with Crippen molar-refractivity contribution in [1.82, 2.24) is 5.32 Å². The van der Waals surface area contributed by atoms with Gasteiger partial charge in [0.2, 0.25) is 0 Å². The normalized spacial score (nSPS) is 14.2. The summed E-state index contributed by atoms with van der Waals surface area (Å²) in [4.78, 5) is 24.3. The van der Waals surface area contributed by atoms with E-state index in [1.54, 1.807) is 24.5 Å². The molecule has 1 aliphatic heterocycles. The molecule has 3 aromatic rings. The number of carbonyl (C=O) groups excluding carboxylic acids is 2. The lowest BCUT2D eigenvalue weighted by Gasteiger charge is -2.20. The third-order valence-electron chi connectivity index (χ3n) is 4.21. The quantitative estimate of drug-likeness (QED) is 0.744. The van der Waals surface area contributed by atoms with Crippen molar-refractivity contribution >= 4 is 28.7 Å². The Hall–Kier alpha value is -3.34. The molecule has 0 bridgehead atoms. The van der Waals surface area contributed by atoms with Crippen LogP contribution in [0.3, 0.4) is 0 Å². The van der Waals surface area contributed by atoms with E-state index in [4.69, 9.17) is 9.15 Å². The summed E-state index contributed by atoms with van der Waals surface area (Å²) in [5.74, 6) is 0.359. The number of nitrogens with one attached hydrogen (secondary N) is 1. The Morgan fingerprint density at radius 1 is 1.16 bits per heavy atom. The van der Waals surface area contributed by atoms with E-state index in [9.17, 15) is 9.59 Å². The molecule has 1 aromatic heterocycles. The molecule has 1 aliphatic rings. The van der Waals surface area contributed by atoms with Crippen molar-refractivity contribution in [3.8, 4) is 5.75 Å². The van der Waals surface area contributed by atoms with Gasteiger partial charge in [-0.3, -0.25) is 4.79 Å². The predicted octanol–water partition coefficient (Wildman–Crippen LogP) is 3.27. The highest BCUT2D eigenvalue weighted by atomic mass is 16.5. The maximum absolute atomic E-state index is 12.7. The molecule has 0 saturated carbocycles. The van der Waals surface area contributed by atoms with Gasteiger partial charge in [-0.1, -0.05) is 24.3 Å². The van der Waals surface area contributed by atoms with Crippen LogP contribution in [0, 0.1) is 0 Å². The monoisotopic (exact) mass is 333 g/mol. The fourth-order valence-corrected chi connectivity index (χ4v) is 2.95. The molecule has 1 amide bonds. The number of furan rings is 1. The first-order chi connectivity index (χ1) is 12.3. The van der Waals surface area contributed by atoms with E-state index in [1.165, 1.54) is 0 Å². The number of rotatable bonds is 4. The van der Waals surface area contributed by atoms with Gasteiger partial charge < -0.3 is 19.3 Å². The van der Waals surface area contributed by atoms with Gasteiger partial charge >= 0.3 is 0 Å². The zero-order chi connectivity index (χ0) is 17.2. The summed E-state index contributed by atoms with van der Waals surface area (Å²) < 4.78 is 10.8. The minimum Gasteiger partial charge on any atom is -0.489 e. The van der Waals surface area contributed by atoms with Crippen LogP contribution in [0.15, 0.2) is 65.3 Å². The fourth-order valence-electron chi connectivity index (χ4n) is 2.95. The first-order valence-corrected chi connectivity index (χ1v) is 7.92. The van der Waals surface area contributed by atoms with Gasteiger partial charge in [0, 0.05) is 16.5 Å². The standard InChI is InChI=1S/C20H15NO4/c22-12-17(13-5-6-18-14(11-13)7-9-24-18)21-20(23)16-8-10-25-19-4-2-1-3-15(16)19/h1-9,11-12,17H,10H2,(H,21,23).